The molecule has 119 heavy (non-hydrogen) atoms. The van der Waals surface area contributed by atoms with Crippen LogP contribution < -0.4 is 0 Å². The molecule has 0 bridgehead atoms. The van der Waals surface area contributed by atoms with Gasteiger partial charge in [0.15, 0.2) is 24.8 Å². The molecule has 1 saturated carbocycles. The first-order chi connectivity index (χ1) is 57.6. The zero-order valence-electron chi connectivity index (χ0n) is 74.8. The molecule has 25 nitrogen and oxygen atoms in total. The van der Waals surface area contributed by atoms with Gasteiger partial charge in [-0.2, -0.15) is 0 Å². The number of allylic oxidation sites excluding steroid dienone is 2. The second-order valence-corrected chi connectivity index (χ2v) is 36.3. The Morgan fingerprint density at radius 3 is 1.09 bits per heavy atom. The quantitative estimate of drug-likeness (QED) is 0.00889. The summed E-state index contributed by atoms with van der Waals surface area (Å²) in [4.78, 5) is 66.6. The Bertz CT molecular complexity index is 2530. The van der Waals surface area contributed by atoms with Crippen LogP contribution in [0.1, 0.15) is 420 Å². The third kappa shape index (κ3) is 51.6. The third-order valence-electron chi connectivity index (χ3n) is 23.9. The van der Waals surface area contributed by atoms with Gasteiger partial charge in [-0.05, 0) is 57.3 Å². The Hall–Kier alpha value is -2.79. The monoisotopic (exact) mass is 1720 g/mol. The first kappa shape index (κ1) is 110. The summed E-state index contributed by atoms with van der Waals surface area (Å²) in [5.74, 6) is -2.30. The van der Waals surface area contributed by atoms with Crippen molar-refractivity contribution in [3.05, 3.63) is 12.2 Å². The summed E-state index contributed by atoms with van der Waals surface area (Å²) < 4.78 is 73.5. The van der Waals surface area contributed by atoms with Crippen molar-refractivity contribution in [2.45, 2.75) is 524 Å². The fraction of sp³-hybridized carbons (Fsp3) is 0.935. The lowest BCUT2D eigenvalue weighted by atomic mass is 9.84. The van der Waals surface area contributed by atoms with E-state index in [2.05, 4.69) is 46.8 Å². The van der Waals surface area contributed by atoms with E-state index in [0.717, 1.165) is 122 Å². The molecule has 19 unspecified atom stereocenters. The lowest BCUT2D eigenvalue weighted by molar-refractivity contribution is -0.360. The van der Waals surface area contributed by atoms with Crippen molar-refractivity contribution in [3.8, 4) is 0 Å². The zero-order chi connectivity index (χ0) is 86.9. The number of hydrogen-bond acceptors (Lipinski definition) is 24. The van der Waals surface area contributed by atoms with Gasteiger partial charge in [-0.3, -0.25) is 28.2 Å². The van der Waals surface area contributed by atoms with E-state index >= 15 is 0 Å². The molecule has 0 aromatic rings. The standard InChI is InChI=1S/C93H173O25P/c1-6-10-14-18-22-25-28-31-33-35-38-39-42-45-52-58-64-76(95)109-69-73(112-78(97)66-60-55-49-48-51-57-63-72(5)62-56-50-21-17-13-9-4)70-111-119(107,108)118-91-89(116-92-86(105)82(101)80(99)74(68-94)113-92)85(104)84(103)88(115-79(98)67-61-54-47-44-41-36-30-27-24-20-16-12-8-3)90(91)117-93-87(106)83(102)81(100)75(114-93)71-110-77(96)65-59-53-46-43-40-37-34-32-29-26-23-19-15-11-7-2/h36,41,72-75,80-94,99-106H,6-35,37-40,42-71H2,1-5H3,(H,107,108)/b41-36-. The predicted molar refractivity (Wildman–Crippen MR) is 463 cm³/mol. The molecule has 3 fully saturated rings. The Balaban J connectivity index is 1.91. The van der Waals surface area contributed by atoms with Crippen molar-refractivity contribution in [2.24, 2.45) is 5.92 Å². The highest BCUT2D eigenvalue weighted by atomic mass is 31.2. The van der Waals surface area contributed by atoms with Crippen molar-refractivity contribution >= 4 is 31.7 Å². The van der Waals surface area contributed by atoms with Gasteiger partial charge in [0.25, 0.3) is 0 Å². The van der Waals surface area contributed by atoms with Crippen LogP contribution in [0.5, 0.6) is 0 Å². The molecule has 1 aliphatic carbocycles. The number of phosphoric acid groups is 1. The number of carbonyl (C=O) groups excluding carboxylic acids is 4. The smallest absolute Gasteiger partial charge is 0.463 e. The summed E-state index contributed by atoms with van der Waals surface area (Å²) in [7, 11) is -5.81. The summed E-state index contributed by atoms with van der Waals surface area (Å²) in [5.41, 5.74) is 0. The van der Waals surface area contributed by atoms with Crippen LogP contribution in [0.3, 0.4) is 0 Å². The van der Waals surface area contributed by atoms with Crippen LogP contribution in [0, 0.1) is 5.92 Å². The first-order valence-electron chi connectivity index (χ1n) is 48.3. The normalized spacial score (nSPS) is 25.1. The second-order valence-electron chi connectivity index (χ2n) is 34.9. The lowest BCUT2D eigenvalue weighted by Gasteiger charge is -2.50. The highest BCUT2D eigenvalue weighted by Gasteiger charge is 2.60. The SMILES string of the molecule is CCCCCCCC/C=C\CCCCCC(=O)OC1C(O)C(O)C(OC2OC(CO)C(O)C(O)C2O)C(OP(=O)(O)OCC(COC(=O)CCCCCCCCCCCCCCCCCC)OC(=O)CCCCCCCCC(C)CCCCCCCC)C1OC1OC(COC(=O)CCCCCCCCCCCCCCCCC)C(O)C(O)C1O. The van der Waals surface area contributed by atoms with E-state index in [1.54, 1.807) is 0 Å². The van der Waals surface area contributed by atoms with Gasteiger partial charge in [0, 0.05) is 25.7 Å². The molecule has 0 amide bonds. The average Bonchev–Trinajstić information content (AvgIpc) is 0.752. The van der Waals surface area contributed by atoms with Gasteiger partial charge in [0.05, 0.1) is 13.2 Å². The topological polar surface area (TPSA) is 380 Å². The van der Waals surface area contributed by atoms with Crippen LogP contribution >= 0.6 is 7.82 Å². The molecule has 3 rings (SSSR count). The number of hydrogen-bond donors (Lipinski definition) is 10. The van der Waals surface area contributed by atoms with Crippen molar-refractivity contribution in [2.75, 3.05) is 26.4 Å². The minimum atomic E-state index is -5.81. The van der Waals surface area contributed by atoms with Crippen molar-refractivity contribution < 1.29 is 122 Å². The Morgan fingerprint density at radius 1 is 0.353 bits per heavy atom. The molecule has 0 aromatic heterocycles. The molecule has 10 N–H and O–H groups in total. The maximum atomic E-state index is 14.9. The highest BCUT2D eigenvalue weighted by Crippen LogP contribution is 2.49. The first-order valence-corrected chi connectivity index (χ1v) is 49.8. The van der Waals surface area contributed by atoms with Gasteiger partial charge < -0.3 is 88.7 Å². The molecule has 19 atom stereocenters. The van der Waals surface area contributed by atoms with Gasteiger partial charge in [-0.15, -0.1) is 0 Å². The summed E-state index contributed by atoms with van der Waals surface area (Å²) in [6.07, 6.45) is 29.2. The number of rotatable bonds is 78. The van der Waals surface area contributed by atoms with Gasteiger partial charge in [-0.25, -0.2) is 4.57 Å². The van der Waals surface area contributed by atoms with E-state index in [0.29, 0.717) is 38.0 Å². The van der Waals surface area contributed by atoms with Crippen LogP contribution in [0.15, 0.2) is 12.2 Å². The highest BCUT2D eigenvalue weighted by molar-refractivity contribution is 7.47. The molecule has 0 aromatic carbocycles. The predicted octanol–water partition coefficient (Wildman–Crippen LogP) is 18.2. The number of aliphatic hydroxyl groups is 9. The molecule has 26 heteroatoms. The molecular weight excluding hydrogens is 1550 g/mol. The molecule has 0 spiro atoms. The van der Waals surface area contributed by atoms with Crippen LogP contribution in [0.4, 0.5) is 0 Å². The van der Waals surface area contributed by atoms with E-state index < -0.39 is 162 Å². The number of aliphatic hydroxyl groups excluding tert-OH is 9. The number of phosphoric ester groups is 1. The fourth-order valence-corrected chi connectivity index (χ4v) is 17.1. The van der Waals surface area contributed by atoms with Crippen LogP contribution in [0.2, 0.25) is 0 Å². The molecule has 0 radical (unpaired) electrons. The molecule has 2 aliphatic heterocycles. The van der Waals surface area contributed by atoms with Gasteiger partial charge in [-0.1, -0.05) is 355 Å². The summed E-state index contributed by atoms with van der Waals surface area (Å²) in [5, 5.41) is 102. The maximum Gasteiger partial charge on any atom is 0.472 e. The summed E-state index contributed by atoms with van der Waals surface area (Å²) >= 11 is 0. The third-order valence-corrected chi connectivity index (χ3v) is 24.9. The zero-order valence-corrected chi connectivity index (χ0v) is 75.7. The summed E-state index contributed by atoms with van der Waals surface area (Å²) in [6.45, 7) is 7.94. The molecule has 2 saturated heterocycles. The van der Waals surface area contributed by atoms with Gasteiger partial charge in [0.2, 0.25) is 0 Å². The minimum absolute atomic E-state index is 0.0169. The number of esters is 4. The Labute approximate surface area is 718 Å². The van der Waals surface area contributed by atoms with Gasteiger partial charge >= 0.3 is 31.7 Å². The van der Waals surface area contributed by atoms with E-state index in [1.807, 2.05) is 0 Å². The number of ether oxygens (including phenoxy) is 8. The van der Waals surface area contributed by atoms with Crippen LogP contribution in [0.25, 0.3) is 0 Å². The van der Waals surface area contributed by atoms with Gasteiger partial charge in [0.1, 0.15) is 92.6 Å². The molecule has 2 heterocycles. The number of unbranched alkanes of at least 4 members (excludes halogenated alkanes) is 48. The van der Waals surface area contributed by atoms with Crippen LogP contribution in [-0.2, 0) is 70.7 Å². The lowest BCUT2D eigenvalue weighted by Crippen LogP contribution is -2.70. The van der Waals surface area contributed by atoms with E-state index in [-0.39, 0.29) is 32.1 Å². The molecule has 700 valence electrons. The Kier molecular flexibility index (Phi) is 66.1. The minimum Gasteiger partial charge on any atom is -0.463 e. The fourth-order valence-electron chi connectivity index (χ4n) is 16.1. The largest absolute Gasteiger partial charge is 0.472 e. The molecular formula is C93H173O25P. The summed E-state index contributed by atoms with van der Waals surface area (Å²) in [6, 6.07) is 0. The van der Waals surface area contributed by atoms with Crippen molar-refractivity contribution in [3.63, 3.8) is 0 Å². The number of carbonyl (C=O) groups is 4. The Morgan fingerprint density at radius 2 is 0.681 bits per heavy atom. The van der Waals surface area contributed by atoms with E-state index in [1.165, 1.54) is 199 Å². The van der Waals surface area contributed by atoms with E-state index in [4.69, 9.17) is 46.9 Å². The van der Waals surface area contributed by atoms with Crippen molar-refractivity contribution in [1.29, 1.82) is 0 Å². The second kappa shape index (κ2) is 71.3. The van der Waals surface area contributed by atoms with E-state index in [9.17, 15) is 74.6 Å². The maximum absolute atomic E-state index is 14.9. The van der Waals surface area contributed by atoms with Crippen molar-refractivity contribution in [1.82, 2.24) is 0 Å². The molecule has 3 aliphatic rings. The average molecular weight is 1720 g/mol. The van der Waals surface area contributed by atoms with Crippen LogP contribution in [-0.4, -0.2) is 205 Å².